The number of carbonyl (C=O) groups excluding carboxylic acids is 1. The minimum Gasteiger partial charge on any atom is -0.463 e. The van der Waals surface area contributed by atoms with Gasteiger partial charge in [0.2, 0.25) is 0 Å². The molecule has 26 heavy (non-hydrogen) atoms. The van der Waals surface area contributed by atoms with Crippen LogP contribution in [0.4, 0.5) is 0 Å². The van der Waals surface area contributed by atoms with E-state index in [0.717, 1.165) is 12.8 Å². The molecule has 1 atom stereocenters. The molecule has 3 heteroatoms. The molecule has 0 spiro atoms. The molecule has 0 aliphatic carbocycles. The summed E-state index contributed by atoms with van der Waals surface area (Å²) in [4.78, 5) is 11.1. The number of ether oxygens (including phenoxy) is 1. The van der Waals surface area contributed by atoms with Crippen LogP contribution in [0.1, 0.15) is 111 Å². The SMILES string of the molecule is C=CC(=O)OCCC(CCCCCCCCCCCCCC)C(C)(C)N. The summed E-state index contributed by atoms with van der Waals surface area (Å²) in [6.45, 7) is 10.3. The smallest absolute Gasteiger partial charge is 0.330 e. The van der Waals surface area contributed by atoms with Gasteiger partial charge in [-0.2, -0.15) is 0 Å². The van der Waals surface area contributed by atoms with Crippen LogP contribution in [0.25, 0.3) is 0 Å². The second-order valence-electron chi connectivity index (χ2n) is 8.36. The standard InChI is InChI=1S/C23H45NO2/c1-5-7-8-9-10-11-12-13-14-15-16-17-18-21(23(3,4)24)19-20-26-22(25)6-2/h6,21H,2,5,7-20,24H2,1,3-4H3. The highest BCUT2D eigenvalue weighted by Gasteiger charge is 2.24. The number of esters is 1. The van der Waals surface area contributed by atoms with Crippen molar-refractivity contribution in [3.8, 4) is 0 Å². The lowest BCUT2D eigenvalue weighted by atomic mass is 9.82. The Bertz CT molecular complexity index is 347. The summed E-state index contributed by atoms with van der Waals surface area (Å²) >= 11 is 0. The molecule has 1 unspecified atom stereocenters. The van der Waals surface area contributed by atoms with Crippen molar-refractivity contribution in [2.45, 2.75) is 116 Å². The van der Waals surface area contributed by atoms with Crippen LogP contribution in [0.5, 0.6) is 0 Å². The Balaban J connectivity index is 3.64. The first-order valence-electron chi connectivity index (χ1n) is 11.0. The average Bonchev–Trinajstić information content (AvgIpc) is 2.59. The zero-order valence-electron chi connectivity index (χ0n) is 17.9. The number of unbranched alkanes of at least 4 members (excludes halogenated alkanes) is 11. The Morgan fingerprint density at radius 1 is 0.923 bits per heavy atom. The fourth-order valence-corrected chi connectivity index (χ4v) is 3.48. The summed E-state index contributed by atoms with van der Waals surface area (Å²) < 4.78 is 5.12. The molecule has 2 N–H and O–H groups in total. The fourth-order valence-electron chi connectivity index (χ4n) is 3.48. The minimum atomic E-state index is -0.344. The summed E-state index contributed by atoms with van der Waals surface area (Å²) in [5.41, 5.74) is 6.08. The quantitative estimate of drug-likeness (QED) is 0.170. The van der Waals surface area contributed by atoms with Gasteiger partial charge in [0.15, 0.2) is 0 Å². The molecular formula is C23H45NO2. The minimum absolute atomic E-state index is 0.224. The molecule has 0 aromatic carbocycles. The van der Waals surface area contributed by atoms with Crippen molar-refractivity contribution in [1.82, 2.24) is 0 Å². The molecule has 0 saturated heterocycles. The Morgan fingerprint density at radius 2 is 1.38 bits per heavy atom. The van der Waals surface area contributed by atoms with Crippen LogP contribution in [-0.4, -0.2) is 18.1 Å². The van der Waals surface area contributed by atoms with E-state index in [0.29, 0.717) is 12.5 Å². The van der Waals surface area contributed by atoms with Crippen LogP contribution >= 0.6 is 0 Å². The zero-order chi connectivity index (χ0) is 19.7. The summed E-state index contributed by atoms with van der Waals surface area (Å²) in [5.74, 6) is 0.0483. The number of nitrogens with two attached hydrogens (primary N) is 1. The van der Waals surface area contributed by atoms with E-state index in [1.807, 2.05) is 0 Å². The van der Waals surface area contributed by atoms with E-state index in [4.69, 9.17) is 10.5 Å². The third kappa shape index (κ3) is 15.4. The van der Waals surface area contributed by atoms with Gasteiger partial charge in [-0.15, -0.1) is 0 Å². The van der Waals surface area contributed by atoms with Gasteiger partial charge in [0.1, 0.15) is 0 Å². The molecule has 3 nitrogen and oxygen atoms in total. The highest BCUT2D eigenvalue weighted by molar-refractivity contribution is 5.81. The molecule has 0 saturated carbocycles. The zero-order valence-corrected chi connectivity index (χ0v) is 17.9. The van der Waals surface area contributed by atoms with Gasteiger partial charge >= 0.3 is 5.97 Å². The third-order valence-electron chi connectivity index (χ3n) is 5.34. The Kier molecular flexibility index (Phi) is 15.8. The Hall–Kier alpha value is -0.830. The summed E-state index contributed by atoms with van der Waals surface area (Å²) in [6, 6.07) is 0. The first-order chi connectivity index (χ1) is 12.4. The highest BCUT2D eigenvalue weighted by atomic mass is 16.5. The topological polar surface area (TPSA) is 52.3 Å². The van der Waals surface area contributed by atoms with Gasteiger partial charge in [-0.1, -0.05) is 90.6 Å². The van der Waals surface area contributed by atoms with E-state index in [2.05, 4.69) is 27.4 Å². The van der Waals surface area contributed by atoms with Gasteiger partial charge < -0.3 is 10.5 Å². The van der Waals surface area contributed by atoms with Gasteiger partial charge in [-0.05, 0) is 32.6 Å². The first kappa shape index (κ1) is 25.2. The fraction of sp³-hybridized carbons (Fsp3) is 0.870. The number of carbonyl (C=O) groups is 1. The summed E-state index contributed by atoms with van der Waals surface area (Å²) in [6.07, 6.45) is 19.6. The maximum atomic E-state index is 11.1. The van der Waals surface area contributed by atoms with E-state index >= 15 is 0 Å². The molecule has 0 heterocycles. The largest absolute Gasteiger partial charge is 0.463 e. The normalized spacial score (nSPS) is 12.8. The number of hydrogen-bond acceptors (Lipinski definition) is 3. The first-order valence-corrected chi connectivity index (χ1v) is 11.0. The molecular weight excluding hydrogens is 322 g/mol. The molecule has 0 bridgehead atoms. The predicted octanol–water partition coefficient (Wildman–Crippen LogP) is 6.55. The Morgan fingerprint density at radius 3 is 1.81 bits per heavy atom. The second-order valence-corrected chi connectivity index (χ2v) is 8.36. The van der Waals surface area contributed by atoms with Crippen molar-refractivity contribution in [2.75, 3.05) is 6.61 Å². The van der Waals surface area contributed by atoms with Gasteiger partial charge in [0, 0.05) is 11.6 Å². The lowest BCUT2D eigenvalue weighted by Crippen LogP contribution is -2.41. The molecule has 154 valence electrons. The van der Waals surface area contributed by atoms with E-state index < -0.39 is 0 Å². The van der Waals surface area contributed by atoms with Crippen LogP contribution in [0, 0.1) is 5.92 Å². The maximum absolute atomic E-state index is 11.1. The van der Waals surface area contributed by atoms with Crippen LogP contribution in [0.15, 0.2) is 12.7 Å². The van der Waals surface area contributed by atoms with Crippen molar-refractivity contribution >= 4 is 5.97 Å². The van der Waals surface area contributed by atoms with Crippen LogP contribution in [0.2, 0.25) is 0 Å². The van der Waals surface area contributed by atoms with E-state index in [9.17, 15) is 4.79 Å². The lowest BCUT2D eigenvalue weighted by molar-refractivity contribution is -0.138. The van der Waals surface area contributed by atoms with Gasteiger partial charge in [0.05, 0.1) is 6.61 Å². The molecule has 0 fully saturated rings. The molecule has 0 rings (SSSR count). The number of hydrogen-bond donors (Lipinski definition) is 1. The van der Waals surface area contributed by atoms with Gasteiger partial charge in [0.25, 0.3) is 0 Å². The molecule has 0 radical (unpaired) electrons. The van der Waals surface area contributed by atoms with Crippen LogP contribution < -0.4 is 5.73 Å². The van der Waals surface area contributed by atoms with Crippen molar-refractivity contribution in [2.24, 2.45) is 11.7 Å². The van der Waals surface area contributed by atoms with Crippen molar-refractivity contribution in [1.29, 1.82) is 0 Å². The maximum Gasteiger partial charge on any atom is 0.330 e. The lowest BCUT2D eigenvalue weighted by Gasteiger charge is -2.30. The van der Waals surface area contributed by atoms with Crippen LogP contribution in [-0.2, 0) is 9.53 Å². The van der Waals surface area contributed by atoms with Gasteiger partial charge in [-0.25, -0.2) is 4.79 Å². The molecule has 0 aliphatic heterocycles. The van der Waals surface area contributed by atoms with Crippen LogP contribution in [0.3, 0.4) is 0 Å². The molecule has 0 aliphatic rings. The second kappa shape index (κ2) is 16.4. The van der Waals surface area contributed by atoms with Crippen molar-refractivity contribution in [3.63, 3.8) is 0 Å². The Labute approximate surface area is 163 Å². The summed E-state index contributed by atoms with van der Waals surface area (Å²) in [7, 11) is 0. The van der Waals surface area contributed by atoms with E-state index in [1.165, 1.54) is 83.1 Å². The van der Waals surface area contributed by atoms with E-state index in [-0.39, 0.29) is 11.5 Å². The predicted molar refractivity (Wildman–Crippen MR) is 113 cm³/mol. The molecule has 0 aromatic heterocycles. The third-order valence-corrected chi connectivity index (χ3v) is 5.34. The molecule has 0 amide bonds. The van der Waals surface area contributed by atoms with Crippen molar-refractivity contribution < 1.29 is 9.53 Å². The summed E-state index contributed by atoms with van der Waals surface area (Å²) in [5, 5.41) is 0. The molecule has 0 aromatic rings. The van der Waals surface area contributed by atoms with Gasteiger partial charge in [-0.3, -0.25) is 0 Å². The average molecular weight is 368 g/mol. The van der Waals surface area contributed by atoms with E-state index in [1.54, 1.807) is 0 Å². The highest BCUT2D eigenvalue weighted by Crippen LogP contribution is 2.25. The number of rotatable bonds is 18. The monoisotopic (exact) mass is 367 g/mol. The van der Waals surface area contributed by atoms with Crippen molar-refractivity contribution in [3.05, 3.63) is 12.7 Å².